The Hall–Kier alpha value is -4.19. The van der Waals surface area contributed by atoms with Crippen LogP contribution in [-0.2, 0) is 28.6 Å². The number of carbonyl (C=O) groups excluding carboxylic acids is 3. The van der Waals surface area contributed by atoms with E-state index in [0.29, 0.717) is 19.3 Å². The molecule has 0 aliphatic carbocycles. The van der Waals surface area contributed by atoms with E-state index in [2.05, 4.69) is 142 Å². The fraction of sp³-hybridized carbons (Fsp3) is 0.685. The van der Waals surface area contributed by atoms with Gasteiger partial charge in [-0.1, -0.05) is 290 Å². The van der Waals surface area contributed by atoms with E-state index < -0.39 is 6.10 Å². The number of hydrogen-bond acceptors (Lipinski definition) is 6. The lowest BCUT2D eigenvalue weighted by Crippen LogP contribution is -2.30. The van der Waals surface area contributed by atoms with Crippen molar-refractivity contribution in [2.24, 2.45) is 0 Å². The number of unbranched alkanes of at least 4 members (excludes halogenated alkanes) is 28. The van der Waals surface area contributed by atoms with Gasteiger partial charge in [-0.3, -0.25) is 14.4 Å². The molecule has 79 heavy (non-hydrogen) atoms. The molecular weight excluding hydrogens is 973 g/mol. The van der Waals surface area contributed by atoms with Crippen LogP contribution in [0.5, 0.6) is 0 Å². The Morgan fingerprint density at radius 3 is 0.772 bits per heavy atom. The van der Waals surface area contributed by atoms with Crippen LogP contribution in [0, 0.1) is 0 Å². The highest BCUT2D eigenvalue weighted by atomic mass is 16.6. The summed E-state index contributed by atoms with van der Waals surface area (Å²) in [6.45, 7) is 6.43. The van der Waals surface area contributed by atoms with Crippen LogP contribution in [0.3, 0.4) is 0 Å². The predicted octanol–water partition coefficient (Wildman–Crippen LogP) is 22.8. The number of hydrogen-bond donors (Lipinski definition) is 0. The number of esters is 3. The van der Waals surface area contributed by atoms with Gasteiger partial charge in [0, 0.05) is 19.3 Å². The quantitative estimate of drug-likeness (QED) is 0.0261. The third-order valence-electron chi connectivity index (χ3n) is 14.0. The molecule has 0 spiro atoms. The normalized spacial score (nSPS) is 12.9. The van der Waals surface area contributed by atoms with Gasteiger partial charge >= 0.3 is 17.9 Å². The monoisotopic (exact) mass is 1090 g/mol. The van der Waals surface area contributed by atoms with E-state index in [0.717, 1.165) is 135 Å². The molecule has 0 rings (SSSR count). The third kappa shape index (κ3) is 64.5. The summed E-state index contributed by atoms with van der Waals surface area (Å²) in [5, 5.41) is 0. The second-order valence-corrected chi connectivity index (χ2v) is 21.6. The summed E-state index contributed by atoms with van der Waals surface area (Å²) < 4.78 is 16.8. The van der Waals surface area contributed by atoms with Gasteiger partial charge in [0.25, 0.3) is 0 Å². The molecule has 6 heteroatoms. The van der Waals surface area contributed by atoms with Gasteiger partial charge in [-0.2, -0.15) is 0 Å². The second kappa shape index (κ2) is 66.3. The van der Waals surface area contributed by atoms with E-state index in [1.54, 1.807) is 0 Å². The van der Waals surface area contributed by atoms with Gasteiger partial charge < -0.3 is 14.2 Å². The van der Waals surface area contributed by atoms with E-state index in [9.17, 15) is 14.4 Å². The number of carbonyl (C=O) groups is 3. The molecule has 0 aromatic carbocycles. The summed E-state index contributed by atoms with van der Waals surface area (Å²) >= 11 is 0. The molecule has 0 aliphatic rings. The first-order valence-corrected chi connectivity index (χ1v) is 33.0. The fourth-order valence-corrected chi connectivity index (χ4v) is 9.02. The van der Waals surface area contributed by atoms with Crippen molar-refractivity contribution in [1.82, 2.24) is 0 Å². The highest BCUT2D eigenvalue weighted by molar-refractivity contribution is 5.71. The van der Waals surface area contributed by atoms with Crippen molar-refractivity contribution in [3.05, 3.63) is 122 Å². The van der Waals surface area contributed by atoms with Crippen LogP contribution < -0.4 is 0 Å². The smallest absolute Gasteiger partial charge is 0.306 e. The van der Waals surface area contributed by atoms with Crippen molar-refractivity contribution in [3.63, 3.8) is 0 Å². The number of allylic oxidation sites excluding steroid dienone is 20. The molecule has 0 heterocycles. The minimum absolute atomic E-state index is 0.0839. The Morgan fingerprint density at radius 1 is 0.266 bits per heavy atom. The third-order valence-corrected chi connectivity index (χ3v) is 14.0. The summed E-state index contributed by atoms with van der Waals surface area (Å²) in [5.41, 5.74) is 0. The van der Waals surface area contributed by atoms with Gasteiger partial charge in [0.15, 0.2) is 6.10 Å². The maximum absolute atomic E-state index is 12.8. The molecule has 450 valence electrons. The summed E-state index contributed by atoms with van der Waals surface area (Å²) in [5.74, 6) is -0.907. The second-order valence-electron chi connectivity index (χ2n) is 21.6. The Labute approximate surface area is 488 Å². The first-order chi connectivity index (χ1) is 39.0. The minimum Gasteiger partial charge on any atom is -0.462 e. The Kier molecular flexibility index (Phi) is 62.8. The summed E-state index contributed by atoms with van der Waals surface area (Å²) in [4.78, 5) is 37.9. The zero-order valence-corrected chi connectivity index (χ0v) is 51.6. The zero-order valence-electron chi connectivity index (χ0n) is 51.6. The van der Waals surface area contributed by atoms with Crippen LogP contribution in [0.1, 0.15) is 303 Å². The number of rotatable bonds is 59. The summed E-state index contributed by atoms with van der Waals surface area (Å²) in [6, 6.07) is 0. The lowest BCUT2D eigenvalue weighted by molar-refractivity contribution is -0.167. The molecule has 0 amide bonds. The van der Waals surface area contributed by atoms with Gasteiger partial charge in [-0.15, -0.1) is 0 Å². The lowest BCUT2D eigenvalue weighted by Gasteiger charge is -2.18. The van der Waals surface area contributed by atoms with Crippen molar-refractivity contribution < 1.29 is 28.6 Å². The van der Waals surface area contributed by atoms with Crippen LogP contribution in [0.4, 0.5) is 0 Å². The van der Waals surface area contributed by atoms with Crippen molar-refractivity contribution in [1.29, 1.82) is 0 Å². The summed E-state index contributed by atoms with van der Waals surface area (Å²) in [7, 11) is 0. The molecule has 6 nitrogen and oxygen atoms in total. The fourth-order valence-electron chi connectivity index (χ4n) is 9.02. The minimum atomic E-state index is -0.784. The van der Waals surface area contributed by atoms with Crippen LogP contribution in [0.2, 0.25) is 0 Å². The van der Waals surface area contributed by atoms with E-state index in [1.165, 1.54) is 128 Å². The molecular formula is C73H122O6. The van der Waals surface area contributed by atoms with Crippen molar-refractivity contribution in [2.45, 2.75) is 309 Å². The first kappa shape index (κ1) is 74.8. The predicted molar refractivity (Wildman–Crippen MR) is 343 cm³/mol. The van der Waals surface area contributed by atoms with Crippen molar-refractivity contribution >= 4 is 17.9 Å². The first-order valence-electron chi connectivity index (χ1n) is 33.0. The molecule has 0 saturated carbocycles. The van der Waals surface area contributed by atoms with Crippen molar-refractivity contribution in [2.75, 3.05) is 13.2 Å². The van der Waals surface area contributed by atoms with Crippen LogP contribution in [0.15, 0.2) is 122 Å². The highest BCUT2D eigenvalue weighted by Crippen LogP contribution is 2.16. The zero-order chi connectivity index (χ0) is 57.1. The Bertz CT molecular complexity index is 1640. The lowest BCUT2D eigenvalue weighted by atomic mass is 10.0. The van der Waals surface area contributed by atoms with Gasteiger partial charge in [0.05, 0.1) is 0 Å². The molecule has 1 atom stereocenters. The topological polar surface area (TPSA) is 78.9 Å². The molecule has 0 bridgehead atoms. The molecule has 0 saturated heterocycles. The molecule has 0 aromatic heterocycles. The van der Waals surface area contributed by atoms with E-state index >= 15 is 0 Å². The van der Waals surface area contributed by atoms with Gasteiger partial charge in [0.1, 0.15) is 13.2 Å². The Morgan fingerprint density at radius 2 is 0.494 bits per heavy atom. The van der Waals surface area contributed by atoms with Crippen LogP contribution >= 0.6 is 0 Å². The SMILES string of the molecule is CC/C=C\C/C=C\C/C=C\C/C=C\C/C=C\C/C=C\C/C=C\CCCCCCCCCCCCCCCC(=O)OCC(COC(=O)CCCCCCC)OC(=O)CCCCCCCC/C=C\C/C=C\C/C=C\CCCCCCC. The highest BCUT2D eigenvalue weighted by Gasteiger charge is 2.19. The average Bonchev–Trinajstić information content (AvgIpc) is 3.45. The van der Waals surface area contributed by atoms with Crippen LogP contribution in [0.25, 0.3) is 0 Å². The Balaban J connectivity index is 4.03. The average molecular weight is 1100 g/mol. The largest absolute Gasteiger partial charge is 0.462 e. The van der Waals surface area contributed by atoms with Gasteiger partial charge in [-0.25, -0.2) is 0 Å². The standard InChI is InChI=1S/C73H122O6/c1-4-7-10-13-15-17-19-21-23-25-27-29-30-31-32-33-34-35-36-37-38-39-40-41-42-44-45-47-49-51-53-55-57-60-63-66-72(75)78-69-70(68-77-71(74)65-62-59-12-9-6-3)79-73(76)67-64-61-58-56-54-52-50-48-46-43-28-26-24-22-20-18-16-14-11-8-5-2/h7,10,15,17,20-23,26-29,31-32,34-35,37-38,46,48,70H,4-6,8-9,11-14,16,18-19,24-25,30,33,36,39-45,47,49-69H2,1-3H3/b10-7-,17-15-,22-20-,23-21-,28-26-,29-27-,32-31-,35-34-,38-37-,48-46-. The van der Waals surface area contributed by atoms with E-state index in [1.807, 2.05) is 0 Å². The number of ether oxygens (including phenoxy) is 3. The van der Waals surface area contributed by atoms with Crippen molar-refractivity contribution in [3.8, 4) is 0 Å². The summed E-state index contributed by atoms with van der Waals surface area (Å²) in [6.07, 6.45) is 92.6. The molecule has 0 fully saturated rings. The molecule has 0 radical (unpaired) electrons. The maximum atomic E-state index is 12.8. The molecule has 0 N–H and O–H groups in total. The van der Waals surface area contributed by atoms with Crippen LogP contribution in [-0.4, -0.2) is 37.2 Å². The van der Waals surface area contributed by atoms with Gasteiger partial charge in [-0.05, 0) is 116 Å². The molecule has 0 aromatic rings. The van der Waals surface area contributed by atoms with E-state index in [-0.39, 0.29) is 31.1 Å². The van der Waals surface area contributed by atoms with E-state index in [4.69, 9.17) is 14.2 Å². The molecule has 0 aliphatic heterocycles. The van der Waals surface area contributed by atoms with Gasteiger partial charge in [0.2, 0.25) is 0 Å². The molecule has 1 unspecified atom stereocenters. The maximum Gasteiger partial charge on any atom is 0.306 e.